The van der Waals surface area contributed by atoms with Crippen LogP contribution in [0.25, 0.3) is 0 Å². The van der Waals surface area contributed by atoms with Gasteiger partial charge in [-0.25, -0.2) is 5.43 Å². The van der Waals surface area contributed by atoms with E-state index in [0.29, 0.717) is 22.1 Å². The Labute approximate surface area is 202 Å². The molecule has 0 bridgehead atoms. The van der Waals surface area contributed by atoms with Gasteiger partial charge >= 0.3 is 0 Å². The van der Waals surface area contributed by atoms with Crippen molar-refractivity contribution in [2.75, 3.05) is 19.0 Å². The number of aryl methyl sites for hydroxylation is 3. The first-order valence-electron chi connectivity index (χ1n) is 11.1. The van der Waals surface area contributed by atoms with Gasteiger partial charge < -0.3 is 14.8 Å². The van der Waals surface area contributed by atoms with Gasteiger partial charge in [0.2, 0.25) is 0 Å². The number of amides is 2. The van der Waals surface area contributed by atoms with E-state index in [-0.39, 0.29) is 18.4 Å². The topological polar surface area (TPSA) is 89.0 Å². The predicted octanol–water partition coefficient (Wildman–Crippen LogP) is 4.73. The summed E-state index contributed by atoms with van der Waals surface area (Å²) in [5.41, 5.74) is 6.43. The Morgan fingerprint density at radius 2 is 1.85 bits per heavy atom. The van der Waals surface area contributed by atoms with Crippen molar-refractivity contribution in [2.24, 2.45) is 5.10 Å². The second-order valence-corrected chi connectivity index (χ2v) is 9.22. The van der Waals surface area contributed by atoms with Crippen LogP contribution >= 0.6 is 11.3 Å². The van der Waals surface area contributed by atoms with Gasteiger partial charge in [-0.3, -0.25) is 9.59 Å². The number of benzene rings is 2. The number of hydrogen-bond donors (Lipinski definition) is 2. The zero-order chi connectivity index (χ0) is 23.9. The summed E-state index contributed by atoms with van der Waals surface area (Å²) in [4.78, 5) is 26.6. The number of ether oxygens (including phenoxy) is 2. The molecule has 0 unspecified atom stereocenters. The number of anilines is 1. The Balaban J connectivity index is 1.31. The fourth-order valence-corrected chi connectivity index (χ4v) is 4.83. The van der Waals surface area contributed by atoms with Crippen molar-refractivity contribution in [3.8, 4) is 11.5 Å². The van der Waals surface area contributed by atoms with Crippen molar-refractivity contribution < 1.29 is 19.1 Å². The van der Waals surface area contributed by atoms with Crippen LogP contribution in [0.1, 0.15) is 44.1 Å². The molecule has 2 N–H and O–H groups in total. The summed E-state index contributed by atoms with van der Waals surface area (Å²) in [5, 5.41) is 6.87. The predicted molar refractivity (Wildman–Crippen MR) is 134 cm³/mol. The van der Waals surface area contributed by atoms with E-state index in [1.54, 1.807) is 35.8 Å². The van der Waals surface area contributed by atoms with Crippen molar-refractivity contribution >= 4 is 35.1 Å². The molecule has 3 aromatic rings. The largest absolute Gasteiger partial charge is 0.493 e. The molecule has 176 valence electrons. The van der Waals surface area contributed by atoms with Gasteiger partial charge in [-0.1, -0.05) is 17.7 Å². The van der Waals surface area contributed by atoms with Gasteiger partial charge in [0.15, 0.2) is 18.1 Å². The van der Waals surface area contributed by atoms with Gasteiger partial charge in [-0.15, -0.1) is 11.3 Å². The SMILES string of the molecule is COc1cc(/C=N\NC(=O)c2cc3c(s2)CCCC3)ccc1OCC(=O)Nc1ccc(C)cc1. The minimum atomic E-state index is -0.269. The lowest BCUT2D eigenvalue weighted by molar-refractivity contribution is -0.118. The van der Waals surface area contributed by atoms with Gasteiger partial charge in [-0.2, -0.15) is 5.10 Å². The molecule has 2 aromatic carbocycles. The van der Waals surface area contributed by atoms with Crippen LogP contribution in [-0.4, -0.2) is 31.7 Å². The van der Waals surface area contributed by atoms with Gasteiger partial charge in [0.1, 0.15) is 0 Å². The van der Waals surface area contributed by atoms with Gasteiger partial charge in [-0.05, 0) is 80.1 Å². The van der Waals surface area contributed by atoms with Crippen LogP contribution in [-0.2, 0) is 17.6 Å². The van der Waals surface area contributed by atoms with Crippen LogP contribution in [0.15, 0.2) is 53.6 Å². The lowest BCUT2D eigenvalue weighted by Crippen LogP contribution is -2.20. The molecule has 1 aromatic heterocycles. The van der Waals surface area contributed by atoms with E-state index in [2.05, 4.69) is 15.8 Å². The molecule has 0 radical (unpaired) electrons. The highest BCUT2D eigenvalue weighted by atomic mass is 32.1. The van der Waals surface area contributed by atoms with E-state index in [0.717, 1.165) is 24.0 Å². The molecule has 0 atom stereocenters. The first-order valence-corrected chi connectivity index (χ1v) is 12.0. The summed E-state index contributed by atoms with van der Waals surface area (Å²) in [6.45, 7) is 1.83. The third kappa shape index (κ3) is 6.02. The lowest BCUT2D eigenvalue weighted by Gasteiger charge is -2.11. The highest BCUT2D eigenvalue weighted by Gasteiger charge is 2.17. The molecule has 7 nitrogen and oxygen atoms in total. The molecule has 1 heterocycles. The van der Waals surface area contributed by atoms with Gasteiger partial charge in [0.25, 0.3) is 11.8 Å². The van der Waals surface area contributed by atoms with Crippen LogP contribution in [0.3, 0.4) is 0 Å². The Morgan fingerprint density at radius 1 is 1.06 bits per heavy atom. The number of nitrogens with zero attached hydrogens (tertiary/aromatic N) is 1. The van der Waals surface area contributed by atoms with Crippen LogP contribution in [0.4, 0.5) is 5.69 Å². The highest BCUT2D eigenvalue weighted by molar-refractivity contribution is 7.14. The molecule has 0 saturated carbocycles. The van der Waals surface area contributed by atoms with E-state index < -0.39 is 0 Å². The molecular weight excluding hydrogens is 450 g/mol. The monoisotopic (exact) mass is 477 g/mol. The number of rotatable bonds is 8. The lowest BCUT2D eigenvalue weighted by atomic mass is 9.99. The number of methoxy groups -OCH3 is 1. The first-order chi connectivity index (χ1) is 16.5. The summed E-state index contributed by atoms with van der Waals surface area (Å²) < 4.78 is 11.0. The molecule has 0 saturated heterocycles. The van der Waals surface area contributed by atoms with Crippen molar-refractivity contribution in [1.29, 1.82) is 0 Å². The average Bonchev–Trinajstić information content (AvgIpc) is 3.29. The Morgan fingerprint density at radius 3 is 2.62 bits per heavy atom. The second-order valence-electron chi connectivity index (χ2n) is 8.08. The Hall–Kier alpha value is -3.65. The second kappa shape index (κ2) is 11.0. The number of thiophene rings is 1. The maximum atomic E-state index is 12.4. The minimum Gasteiger partial charge on any atom is -0.493 e. The Kier molecular flexibility index (Phi) is 7.59. The van der Waals surface area contributed by atoms with Crippen molar-refractivity contribution in [2.45, 2.75) is 32.6 Å². The summed E-state index contributed by atoms with van der Waals surface area (Å²) in [5.74, 6) is 0.424. The molecule has 34 heavy (non-hydrogen) atoms. The van der Waals surface area contributed by atoms with Crippen LogP contribution in [0.2, 0.25) is 0 Å². The van der Waals surface area contributed by atoms with E-state index >= 15 is 0 Å². The quantitative estimate of drug-likeness (QED) is 0.363. The van der Waals surface area contributed by atoms with Crippen LogP contribution in [0.5, 0.6) is 11.5 Å². The highest BCUT2D eigenvalue weighted by Crippen LogP contribution is 2.30. The average molecular weight is 478 g/mol. The maximum Gasteiger partial charge on any atom is 0.281 e. The number of hydrazone groups is 1. The molecule has 4 rings (SSSR count). The summed E-state index contributed by atoms with van der Waals surface area (Å²) >= 11 is 1.55. The molecule has 8 heteroatoms. The van der Waals surface area contributed by atoms with E-state index in [4.69, 9.17) is 9.47 Å². The number of carbonyl (C=O) groups is 2. The molecule has 0 spiro atoms. The van der Waals surface area contributed by atoms with E-state index in [1.807, 2.05) is 37.3 Å². The van der Waals surface area contributed by atoms with E-state index in [9.17, 15) is 9.59 Å². The first kappa shape index (κ1) is 23.5. The van der Waals surface area contributed by atoms with Gasteiger partial charge in [0, 0.05) is 10.6 Å². The minimum absolute atomic E-state index is 0.154. The zero-order valence-electron chi connectivity index (χ0n) is 19.2. The van der Waals surface area contributed by atoms with Gasteiger partial charge in [0.05, 0.1) is 18.2 Å². The number of nitrogens with one attached hydrogen (secondary N) is 2. The smallest absolute Gasteiger partial charge is 0.281 e. The molecule has 2 amide bonds. The van der Waals surface area contributed by atoms with Crippen LogP contribution in [0, 0.1) is 6.92 Å². The van der Waals surface area contributed by atoms with Crippen molar-refractivity contribution in [3.05, 3.63) is 75.0 Å². The summed E-state index contributed by atoms with van der Waals surface area (Å²) in [6, 6.07) is 14.7. The Bertz CT molecular complexity index is 1180. The third-order valence-corrected chi connectivity index (χ3v) is 6.72. The molecular formula is C26H27N3O4S. The molecule has 0 aliphatic heterocycles. The number of hydrogen-bond acceptors (Lipinski definition) is 6. The molecule has 1 aliphatic rings. The molecule has 1 aliphatic carbocycles. The fraction of sp³-hybridized carbons (Fsp3) is 0.269. The van der Waals surface area contributed by atoms with E-state index in [1.165, 1.54) is 30.4 Å². The van der Waals surface area contributed by atoms with Crippen molar-refractivity contribution in [3.63, 3.8) is 0 Å². The zero-order valence-corrected chi connectivity index (χ0v) is 20.0. The summed E-state index contributed by atoms with van der Waals surface area (Å²) in [7, 11) is 1.52. The summed E-state index contributed by atoms with van der Waals surface area (Å²) in [6.07, 6.45) is 6.01. The standard InChI is InChI=1S/C26H27N3O4S/c1-17-7-10-20(11-8-17)28-25(30)16-33-21-12-9-18(13-22(21)32-2)15-27-29-26(31)24-14-19-5-3-4-6-23(19)34-24/h7-15H,3-6,16H2,1-2H3,(H,28,30)(H,29,31)/b27-15-. The van der Waals surface area contributed by atoms with Crippen molar-refractivity contribution in [1.82, 2.24) is 5.43 Å². The number of fused-ring (bicyclic) bond motifs is 1. The third-order valence-electron chi connectivity index (χ3n) is 5.48. The molecule has 0 fully saturated rings. The van der Waals surface area contributed by atoms with Crippen LogP contribution < -0.4 is 20.2 Å². The normalized spacial score (nSPS) is 12.8. The fourth-order valence-electron chi connectivity index (χ4n) is 3.68. The number of carbonyl (C=O) groups excluding carboxylic acids is 2. The maximum absolute atomic E-state index is 12.4.